The number of nitrogens with zero attached hydrogens (tertiary/aromatic N) is 4. The lowest BCUT2D eigenvalue weighted by molar-refractivity contribution is 0.289. The summed E-state index contributed by atoms with van der Waals surface area (Å²) in [6.45, 7) is 0. The van der Waals surface area contributed by atoms with Gasteiger partial charge in [0, 0.05) is 11.8 Å². The van der Waals surface area contributed by atoms with E-state index in [0.717, 1.165) is 22.3 Å². The lowest BCUT2D eigenvalue weighted by atomic mass is 9.93. The summed E-state index contributed by atoms with van der Waals surface area (Å²) in [5, 5.41) is 4.44. The molecule has 0 radical (unpaired) electrons. The summed E-state index contributed by atoms with van der Waals surface area (Å²) >= 11 is 0. The van der Waals surface area contributed by atoms with Crippen molar-refractivity contribution in [2.45, 2.75) is 25.3 Å². The maximum absolute atomic E-state index is 4.65. The molecule has 0 spiro atoms. The molecule has 1 aliphatic carbocycles. The summed E-state index contributed by atoms with van der Waals surface area (Å²) in [7, 11) is 0. The summed E-state index contributed by atoms with van der Waals surface area (Å²) in [6, 6.07) is 8.51. The van der Waals surface area contributed by atoms with Gasteiger partial charge in [0.15, 0.2) is 0 Å². The Morgan fingerprint density at radius 2 is 1.89 bits per heavy atom. The SMILES string of the molecule is c1ccc2nc(-c3cnn(C4CCC4)c3)cnc2c1. The van der Waals surface area contributed by atoms with E-state index in [1.807, 2.05) is 36.7 Å². The summed E-state index contributed by atoms with van der Waals surface area (Å²) in [6.07, 6.45) is 9.59. The average molecular weight is 250 g/mol. The number of fused-ring (bicyclic) bond motifs is 1. The first kappa shape index (κ1) is 10.7. The Hall–Kier alpha value is -2.23. The lowest BCUT2D eigenvalue weighted by Crippen LogP contribution is -2.16. The van der Waals surface area contributed by atoms with Crippen LogP contribution in [0.15, 0.2) is 42.9 Å². The van der Waals surface area contributed by atoms with Crippen LogP contribution in [0.25, 0.3) is 22.3 Å². The zero-order valence-electron chi connectivity index (χ0n) is 10.5. The zero-order chi connectivity index (χ0) is 12.7. The smallest absolute Gasteiger partial charge is 0.0924 e. The molecule has 4 heteroatoms. The molecule has 1 aromatic carbocycles. The Kier molecular flexibility index (Phi) is 2.33. The Morgan fingerprint density at radius 1 is 1.05 bits per heavy atom. The van der Waals surface area contributed by atoms with Crippen LogP contribution in [-0.2, 0) is 0 Å². The van der Waals surface area contributed by atoms with E-state index in [9.17, 15) is 0 Å². The first-order chi connectivity index (χ1) is 9.40. The van der Waals surface area contributed by atoms with Crippen molar-refractivity contribution in [3.63, 3.8) is 0 Å². The van der Waals surface area contributed by atoms with Gasteiger partial charge in [-0.3, -0.25) is 9.67 Å². The van der Waals surface area contributed by atoms with Crippen molar-refractivity contribution in [1.29, 1.82) is 0 Å². The van der Waals surface area contributed by atoms with Gasteiger partial charge < -0.3 is 0 Å². The topological polar surface area (TPSA) is 43.6 Å². The van der Waals surface area contributed by atoms with Gasteiger partial charge in [-0.25, -0.2) is 4.98 Å². The van der Waals surface area contributed by atoms with Crippen LogP contribution in [0.5, 0.6) is 0 Å². The van der Waals surface area contributed by atoms with Gasteiger partial charge in [0.05, 0.1) is 35.2 Å². The second-order valence-corrected chi connectivity index (χ2v) is 5.04. The van der Waals surface area contributed by atoms with Crippen molar-refractivity contribution in [2.24, 2.45) is 0 Å². The number of para-hydroxylation sites is 2. The monoisotopic (exact) mass is 250 g/mol. The summed E-state index contributed by atoms with van der Waals surface area (Å²) in [5.41, 5.74) is 3.79. The largest absolute Gasteiger partial charge is 0.269 e. The van der Waals surface area contributed by atoms with Crippen molar-refractivity contribution < 1.29 is 0 Å². The second kappa shape index (κ2) is 4.16. The molecule has 0 saturated heterocycles. The van der Waals surface area contributed by atoms with Crippen LogP contribution in [0.3, 0.4) is 0 Å². The van der Waals surface area contributed by atoms with E-state index in [0.29, 0.717) is 6.04 Å². The summed E-state index contributed by atoms with van der Waals surface area (Å²) in [4.78, 5) is 9.09. The van der Waals surface area contributed by atoms with Crippen LogP contribution in [0.1, 0.15) is 25.3 Å². The standard InChI is InChI=1S/C15H14N4/c1-2-7-14-13(6-1)16-9-15(18-14)11-8-17-19(10-11)12-4-3-5-12/h1-2,6-10,12H,3-5H2. The van der Waals surface area contributed by atoms with Crippen molar-refractivity contribution >= 4 is 11.0 Å². The number of hydrogen-bond donors (Lipinski definition) is 0. The number of hydrogen-bond acceptors (Lipinski definition) is 3. The molecule has 4 rings (SSSR count). The van der Waals surface area contributed by atoms with Crippen LogP contribution >= 0.6 is 0 Å². The quantitative estimate of drug-likeness (QED) is 0.701. The molecule has 0 aliphatic heterocycles. The molecule has 3 aromatic rings. The van der Waals surface area contributed by atoms with Crippen molar-refractivity contribution in [2.75, 3.05) is 0 Å². The van der Waals surface area contributed by atoms with E-state index >= 15 is 0 Å². The van der Waals surface area contributed by atoms with Crippen LogP contribution in [0, 0.1) is 0 Å². The lowest BCUT2D eigenvalue weighted by Gasteiger charge is -2.25. The predicted molar refractivity (Wildman–Crippen MR) is 73.6 cm³/mol. The van der Waals surface area contributed by atoms with Crippen LogP contribution in [0.2, 0.25) is 0 Å². The van der Waals surface area contributed by atoms with E-state index in [1.54, 1.807) is 0 Å². The molecule has 1 saturated carbocycles. The first-order valence-corrected chi connectivity index (χ1v) is 6.66. The van der Waals surface area contributed by atoms with Crippen molar-refractivity contribution in [1.82, 2.24) is 19.7 Å². The molecular formula is C15H14N4. The van der Waals surface area contributed by atoms with Crippen LogP contribution < -0.4 is 0 Å². The molecule has 1 aliphatic rings. The van der Waals surface area contributed by atoms with E-state index in [2.05, 4.69) is 25.9 Å². The van der Waals surface area contributed by atoms with Gasteiger partial charge in [-0.05, 0) is 31.4 Å². The fourth-order valence-electron chi connectivity index (χ4n) is 2.42. The van der Waals surface area contributed by atoms with Gasteiger partial charge in [-0.1, -0.05) is 12.1 Å². The van der Waals surface area contributed by atoms with E-state index < -0.39 is 0 Å². The molecular weight excluding hydrogens is 236 g/mol. The minimum atomic E-state index is 0.585. The van der Waals surface area contributed by atoms with Crippen molar-refractivity contribution in [3.05, 3.63) is 42.9 Å². The average Bonchev–Trinajstić information content (AvgIpc) is 2.85. The van der Waals surface area contributed by atoms with Gasteiger partial charge in [-0.15, -0.1) is 0 Å². The molecule has 0 atom stereocenters. The Morgan fingerprint density at radius 3 is 2.68 bits per heavy atom. The number of aromatic nitrogens is 4. The van der Waals surface area contributed by atoms with Gasteiger partial charge in [-0.2, -0.15) is 5.10 Å². The highest BCUT2D eigenvalue weighted by Crippen LogP contribution is 2.31. The van der Waals surface area contributed by atoms with Gasteiger partial charge in [0.2, 0.25) is 0 Å². The third-order valence-electron chi connectivity index (χ3n) is 3.79. The molecule has 1 fully saturated rings. The Labute approximate surface area is 111 Å². The fraction of sp³-hybridized carbons (Fsp3) is 0.267. The molecule has 94 valence electrons. The summed E-state index contributed by atoms with van der Waals surface area (Å²) < 4.78 is 2.07. The minimum Gasteiger partial charge on any atom is -0.269 e. The second-order valence-electron chi connectivity index (χ2n) is 5.04. The maximum atomic E-state index is 4.65. The predicted octanol–water partition coefficient (Wildman–Crippen LogP) is 3.22. The highest BCUT2D eigenvalue weighted by atomic mass is 15.3. The van der Waals surface area contributed by atoms with Gasteiger partial charge in [0.25, 0.3) is 0 Å². The number of rotatable bonds is 2. The highest BCUT2D eigenvalue weighted by molar-refractivity contribution is 5.76. The molecule has 2 aromatic heterocycles. The third-order valence-corrected chi connectivity index (χ3v) is 3.79. The van der Waals surface area contributed by atoms with E-state index in [4.69, 9.17) is 0 Å². The fourth-order valence-corrected chi connectivity index (χ4v) is 2.42. The minimum absolute atomic E-state index is 0.585. The maximum Gasteiger partial charge on any atom is 0.0924 e. The summed E-state index contributed by atoms with van der Waals surface area (Å²) in [5.74, 6) is 0. The molecule has 2 heterocycles. The Bertz CT molecular complexity index is 728. The molecule has 0 unspecified atom stereocenters. The third kappa shape index (κ3) is 1.80. The van der Waals surface area contributed by atoms with Gasteiger partial charge >= 0.3 is 0 Å². The van der Waals surface area contributed by atoms with E-state index in [-0.39, 0.29) is 0 Å². The normalized spacial score (nSPS) is 15.6. The molecule has 0 bridgehead atoms. The van der Waals surface area contributed by atoms with Crippen molar-refractivity contribution in [3.8, 4) is 11.3 Å². The molecule has 19 heavy (non-hydrogen) atoms. The molecule has 0 amide bonds. The first-order valence-electron chi connectivity index (χ1n) is 6.66. The highest BCUT2D eigenvalue weighted by Gasteiger charge is 2.20. The zero-order valence-corrected chi connectivity index (χ0v) is 10.5. The van der Waals surface area contributed by atoms with Crippen LogP contribution in [-0.4, -0.2) is 19.7 Å². The Balaban J connectivity index is 1.74. The van der Waals surface area contributed by atoms with Gasteiger partial charge in [0.1, 0.15) is 0 Å². The molecule has 4 nitrogen and oxygen atoms in total. The van der Waals surface area contributed by atoms with E-state index in [1.165, 1.54) is 19.3 Å². The van der Waals surface area contributed by atoms with Crippen LogP contribution in [0.4, 0.5) is 0 Å². The molecule has 0 N–H and O–H groups in total. The number of benzene rings is 1.